The van der Waals surface area contributed by atoms with Gasteiger partial charge in [0.2, 0.25) is 0 Å². The van der Waals surface area contributed by atoms with Gasteiger partial charge in [-0.3, -0.25) is 14.3 Å². The number of aromatic nitrogens is 2. The Morgan fingerprint density at radius 2 is 2.15 bits per heavy atom. The fraction of sp³-hybridized carbons (Fsp3) is 0.154. The van der Waals surface area contributed by atoms with Gasteiger partial charge in [-0.05, 0) is 30.7 Å². The van der Waals surface area contributed by atoms with E-state index >= 15 is 0 Å². The molecule has 2 N–H and O–H groups in total. The van der Waals surface area contributed by atoms with E-state index in [1.165, 1.54) is 18.3 Å². The number of benzene rings is 1. The van der Waals surface area contributed by atoms with E-state index < -0.39 is 17.7 Å². The van der Waals surface area contributed by atoms with Gasteiger partial charge in [-0.15, -0.1) is 0 Å². The van der Waals surface area contributed by atoms with Gasteiger partial charge in [-0.2, -0.15) is 5.10 Å². The second-order valence-electron chi connectivity index (χ2n) is 4.21. The van der Waals surface area contributed by atoms with Crippen LogP contribution in [0.4, 0.5) is 10.1 Å². The van der Waals surface area contributed by atoms with Gasteiger partial charge in [0.15, 0.2) is 5.69 Å². The van der Waals surface area contributed by atoms with Crippen molar-refractivity contribution in [2.45, 2.75) is 13.5 Å². The molecule has 0 aliphatic carbocycles. The zero-order valence-corrected chi connectivity index (χ0v) is 10.6. The first-order valence-corrected chi connectivity index (χ1v) is 5.78. The molecule has 1 amide bonds. The predicted octanol–water partition coefficient (Wildman–Crippen LogP) is 1.67. The number of carbonyl (C=O) groups is 2. The summed E-state index contributed by atoms with van der Waals surface area (Å²) in [5.74, 6) is -2.00. The predicted molar refractivity (Wildman–Crippen MR) is 69.0 cm³/mol. The van der Waals surface area contributed by atoms with Crippen LogP contribution in [-0.2, 0) is 11.3 Å². The number of aliphatic carboxylic acids is 1. The van der Waals surface area contributed by atoms with Crippen LogP contribution in [0.2, 0.25) is 0 Å². The molecule has 0 saturated carbocycles. The van der Waals surface area contributed by atoms with Crippen molar-refractivity contribution in [3.63, 3.8) is 0 Å². The van der Waals surface area contributed by atoms with Crippen LogP contribution in [0.5, 0.6) is 0 Å². The maximum Gasteiger partial charge on any atom is 0.325 e. The quantitative estimate of drug-likeness (QED) is 0.890. The third-order valence-electron chi connectivity index (χ3n) is 2.60. The second kappa shape index (κ2) is 5.52. The smallest absolute Gasteiger partial charge is 0.325 e. The third-order valence-corrected chi connectivity index (χ3v) is 2.60. The van der Waals surface area contributed by atoms with Crippen LogP contribution in [0, 0.1) is 12.7 Å². The highest BCUT2D eigenvalue weighted by Crippen LogP contribution is 2.14. The maximum atomic E-state index is 13.3. The number of anilines is 1. The number of hydrogen-bond acceptors (Lipinski definition) is 3. The first kappa shape index (κ1) is 13.7. The van der Waals surface area contributed by atoms with Crippen LogP contribution in [0.1, 0.15) is 16.1 Å². The minimum Gasteiger partial charge on any atom is -0.480 e. The Balaban J connectivity index is 2.09. The molecule has 7 heteroatoms. The number of amides is 1. The average Bonchev–Trinajstić information content (AvgIpc) is 2.81. The Morgan fingerprint density at radius 3 is 2.80 bits per heavy atom. The Labute approximate surface area is 113 Å². The standard InChI is InChI=1S/C13H12FN3O3/c1-8-2-3-9(6-10(8)14)15-13(20)11-4-5-17(16-11)7-12(18)19/h2-6H,7H2,1H3,(H,15,20)(H,18,19). The van der Waals surface area contributed by atoms with Crippen LogP contribution in [0.15, 0.2) is 30.5 Å². The molecule has 1 heterocycles. The van der Waals surface area contributed by atoms with E-state index in [4.69, 9.17) is 5.11 Å². The number of nitrogens with one attached hydrogen (secondary N) is 1. The first-order chi connectivity index (χ1) is 9.45. The molecule has 0 unspecified atom stereocenters. The largest absolute Gasteiger partial charge is 0.480 e. The molecule has 0 atom stereocenters. The van der Waals surface area contributed by atoms with E-state index in [-0.39, 0.29) is 12.2 Å². The Morgan fingerprint density at radius 1 is 1.40 bits per heavy atom. The average molecular weight is 277 g/mol. The lowest BCUT2D eigenvalue weighted by atomic mass is 10.2. The number of rotatable bonds is 4. The van der Waals surface area contributed by atoms with E-state index in [0.717, 1.165) is 4.68 Å². The van der Waals surface area contributed by atoms with Crippen LogP contribution in [0.3, 0.4) is 0 Å². The molecule has 0 aliphatic heterocycles. The Hall–Kier alpha value is -2.70. The summed E-state index contributed by atoms with van der Waals surface area (Å²) in [5, 5.41) is 14.9. The van der Waals surface area contributed by atoms with Crippen molar-refractivity contribution in [1.82, 2.24) is 9.78 Å². The topological polar surface area (TPSA) is 84.2 Å². The third kappa shape index (κ3) is 3.19. The summed E-state index contributed by atoms with van der Waals surface area (Å²) in [7, 11) is 0. The second-order valence-corrected chi connectivity index (χ2v) is 4.21. The number of carbonyl (C=O) groups excluding carboxylic acids is 1. The number of hydrogen-bond donors (Lipinski definition) is 2. The van der Waals surface area contributed by atoms with Gasteiger partial charge >= 0.3 is 5.97 Å². The molecule has 6 nitrogen and oxygen atoms in total. The molecule has 2 aromatic rings. The number of aryl methyl sites for hydroxylation is 1. The van der Waals surface area contributed by atoms with Gasteiger partial charge in [0.1, 0.15) is 12.4 Å². The van der Waals surface area contributed by atoms with E-state index in [1.807, 2.05) is 0 Å². The molecule has 1 aromatic carbocycles. The lowest BCUT2D eigenvalue weighted by Gasteiger charge is -2.04. The van der Waals surface area contributed by atoms with Crippen molar-refractivity contribution in [3.05, 3.63) is 47.5 Å². The molecular weight excluding hydrogens is 265 g/mol. The van der Waals surface area contributed by atoms with Gasteiger partial charge < -0.3 is 10.4 Å². The van der Waals surface area contributed by atoms with Gasteiger partial charge in [-0.25, -0.2) is 4.39 Å². The number of carboxylic acid groups (broad SMARTS) is 1. The van der Waals surface area contributed by atoms with E-state index in [2.05, 4.69) is 10.4 Å². The van der Waals surface area contributed by atoms with Crippen molar-refractivity contribution < 1.29 is 19.1 Å². The molecule has 20 heavy (non-hydrogen) atoms. The molecule has 104 valence electrons. The fourth-order valence-electron chi connectivity index (χ4n) is 1.58. The van der Waals surface area contributed by atoms with E-state index in [0.29, 0.717) is 11.3 Å². The highest BCUT2D eigenvalue weighted by molar-refractivity contribution is 6.02. The summed E-state index contributed by atoms with van der Waals surface area (Å²) in [4.78, 5) is 22.4. The molecule has 2 rings (SSSR count). The van der Waals surface area contributed by atoms with Gasteiger partial charge in [-0.1, -0.05) is 6.07 Å². The zero-order valence-electron chi connectivity index (χ0n) is 10.6. The Bertz CT molecular complexity index is 667. The molecule has 0 fully saturated rings. The molecule has 0 saturated heterocycles. The molecule has 0 bridgehead atoms. The van der Waals surface area contributed by atoms with Crippen LogP contribution < -0.4 is 5.32 Å². The number of nitrogens with zero attached hydrogens (tertiary/aromatic N) is 2. The summed E-state index contributed by atoms with van der Waals surface area (Å²) >= 11 is 0. The molecular formula is C13H12FN3O3. The maximum absolute atomic E-state index is 13.3. The van der Waals surface area contributed by atoms with E-state index in [1.54, 1.807) is 19.1 Å². The Kier molecular flexibility index (Phi) is 3.79. The van der Waals surface area contributed by atoms with Crippen LogP contribution >= 0.6 is 0 Å². The highest BCUT2D eigenvalue weighted by Gasteiger charge is 2.11. The molecule has 0 aliphatic rings. The first-order valence-electron chi connectivity index (χ1n) is 5.78. The van der Waals surface area contributed by atoms with Crippen molar-refractivity contribution in [2.24, 2.45) is 0 Å². The lowest BCUT2D eigenvalue weighted by molar-refractivity contribution is -0.137. The molecule has 0 spiro atoms. The highest BCUT2D eigenvalue weighted by atomic mass is 19.1. The fourth-order valence-corrected chi connectivity index (χ4v) is 1.58. The lowest BCUT2D eigenvalue weighted by Crippen LogP contribution is -2.15. The normalized spacial score (nSPS) is 10.3. The van der Waals surface area contributed by atoms with Crippen molar-refractivity contribution >= 4 is 17.6 Å². The van der Waals surface area contributed by atoms with Crippen LogP contribution in [0.25, 0.3) is 0 Å². The SMILES string of the molecule is Cc1ccc(NC(=O)c2ccn(CC(=O)O)n2)cc1F. The van der Waals surface area contributed by atoms with Crippen molar-refractivity contribution in [3.8, 4) is 0 Å². The summed E-state index contributed by atoms with van der Waals surface area (Å²) in [6.07, 6.45) is 1.39. The van der Waals surface area contributed by atoms with Gasteiger partial charge in [0.05, 0.1) is 0 Å². The minimum absolute atomic E-state index is 0.0623. The van der Waals surface area contributed by atoms with Gasteiger partial charge in [0, 0.05) is 11.9 Å². The number of carboxylic acids is 1. The molecule has 0 radical (unpaired) electrons. The van der Waals surface area contributed by atoms with E-state index in [9.17, 15) is 14.0 Å². The summed E-state index contributed by atoms with van der Waals surface area (Å²) < 4.78 is 14.5. The monoisotopic (exact) mass is 277 g/mol. The van der Waals surface area contributed by atoms with Crippen molar-refractivity contribution in [1.29, 1.82) is 0 Å². The minimum atomic E-state index is -1.05. The molecule has 1 aromatic heterocycles. The zero-order chi connectivity index (χ0) is 14.7. The summed E-state index contributed by atoms with van der Waals surface area (Å²) in [6, 6.07) is 5.73. The van der Waals surface area contributed by atoms with Gasteiger partial charge in [0.25, 0.3) is 5.91 Å². The number of halogens is 1. The summed E-state index contributed by atoms with van der Waals surface area (Å²) in [6.45, 7) is 1.29. The van der Waals surface area contributed by atoms with Crippen LogP contribution in [-0.4, -0.2) is 26.8 Å². The summed E-state index contributed by atoms with van der Waals surface area (Å²) in [5.41, 5.74) is 0.854. The van der Waals surface area contributed by atoms with Crippen molar-refractivity contribution in [2.75, 3.05) is 5.32 Å².